The zero-order valence-electron chi connectivity index (χ0n) is 18.2. The number of hydrogen-bond acceptors (Lipinski definition) is 2. The third-order valence-electron chi connectivity index (χ3n) is 6.15. The number of aromatic amines is 1. The number of halogens is 4. The molecule has 0 fully saturated rings. The van der Waals surface area contributed by atoms with Gasteiger partial charge in [-0.3, -0.25) is 0 Å². The van der Waals surface area contributed by atoms with Crippen LogP contribution in [0.1, 0.15) is 27.8 Å². The molecule has 1 aliphatic rings. The number of carbonyl (C=O) groups is 1. The smallest absolute Gasteiger partial charge is 0.416 e. The van der Waals surface area contributed by atoms with Gasteiger partial charge in [-0.25, -0.2) is 9.78 Å². The summed E-state index contributed by atoms with van der Waals surface area (Å²) < 4.78 is 40.2. The second-order valence-electron chi connectivity index (χ2n) is 8.36. The Balaban J connectivity index is 1.48. The Kier molecular flexibility index (Phi) is 5.76. The second-order valence-corrected chi connectivity index (χ2v) is 8.80. The normalized spacial score (nSPS) is 14.0. The first-order chi connectivity index (χ1) is 16.7. The molecule has 4 aromatic rings. The van der Waals surface area contributed by atoms with Crippen molar-refractivity contribution in [2.24, 2.45) is 0 Å². The number of carboxylic acid groups (broad SMARTS) is 1. The van der Waals surface area contributed by atoms with E-state index in [9.17, 15) is 23.1 Å². The van der Waals surface area contributed by atoms with E-state index in [0.29, 0.717) is 30.7 Å². The third-order valence-corrected chi connectivity index (χ3v) is 6.38. The van der Waals surface area contributed by atoms with E-state index in [0.717, 1.165) is 33.7 Å². The van der Waals surface area contributed by atoms with E-state index >= 15 is 0 Å². The molecule has 0 radical (unpaired) electrons. The predicted molar refractivity (Wildman–Crippen MR) is 129 cm³/mol. The number of hydrogen-bond donors (Lipinski definition) is 2. The molecule has 0 saturated carbocycles. The quantitative estimate of drug-likeness (QED) is 0.317. The van der Waals surface area contributed by atoms with Gasteiger partial charge < -0.3 is 15.0 Å². The summed E-state index contributed by atoms with van der Waals surface area (Å²) in [7, 11) is 0. The summed E-state index contributed by atoms with van der Waals surface area (Å²) in [5.74, 6) is 0. The Morgan fingerprint density at radius 3 is 2.63 bits per heavy atom. The lowest BCUT2D eigenvalue weighted by atomic mass is 9.95. The first-order valence-electron chi connectivity index (χ1n) is 10.8. The number of benzene rings is 2. The first kappa shape index (κ1) is 23.0. The van der Waals surface area contributed by atoms with Gasteiger partial charge in [-0.15, -0.1) is 0 Å². The molecule has 0 unspecified atom stereocenters. The molecular weight excluding hydrogens is 479 g/mol. The van der Waals surface area contributed by atoms with Gasteiger partial charge in [-0.2, -0.15) is 13.2 Å². The van der Waals surface area contributed by atoms with Gasteiger partial charge in [-0.05, 0) is 52.9 Å². The number of pyridine rings is 1. The predicted octanol–water partition coefficient (Wildman–Crippen LogP) is 7.11. The van der Waals surface area contributed by atoms with E-state index < -0.39 is 17.8 Å². The Labute approximate surface area is 203 Å². The van der Waals surface area contributed by atoms with E-state index in [1.807, 2.05) is 24.3 Å². The van der Waals surface area contributed by atoms with Crippen molar-refractivity contribution in [3.63, 3.8) is 0 Å². The molecule has 1 amide bonds. The van der Waals surface area contributed by atoms with Crippen molar-refractivity contribution < 1.29 is 23.1 Å². The van der Waals surface area contributed by atoms with E-state index in [4.69, 9.17) is 11.6 Å². The molecule has 2 aromatic heterocycles. The zero-order chi connectivity index (χ0) is 24.7. The van der Waals surface area contributed by atoms with Crippen LogP contribution in [-0.2, 0) is 19.1 Å². The highest BCUT2D eigenvalue weighted by atomic mass is 35.5. The molecular formula is C26H19ClF3N3O2. The fraction of sp³-hybridized carbons (Fsp3) is 0.154. The molecule has 0 bridgehead atoms. The fourth-order valence-electron chi connectivity index (χ4n) is 4.32. The van der Waals surface area contributed by atoms with Crippen molar-refractivity contribution in [2.75, 3.05) is 6.54 Å². The first-order valence-corrected chi connectivity index (χ1v) is 11.2. The van der Waals surface area contributed by atoms with Crippen LogP contribution in [0.25, 0.3) is 34.3 Å². The van der Waals surface area contributed by atoms with Crippen LogP contribution in [0.2, 0.25) is 5.02 Å². The summed E-state index contributed by atoms with van der Waals surface area (Å²) in [6, 6.07) is 11.3. The standard InChI is InChI=1S/C26H19ClF3N3O2/c27-21-5-6-23(26(28,29)30)17(10-21)2-3-18-12-31-24-22(18)11-20(13-32-24)15-1-4-19-14-33(25(34)35)8-7-16(19)9-15/h1-6,9-13H,7-8,14H2,(H,31,32)(H,34,35). The molecule has 2 aromatic carbocycles. The average molecular weight is 498 g/mol. The largest absolute Gasteiger partial charge is 0.465 e. The molecule has 5 nitrogen and oxygen atoms in total. The lowest BCUT2D eigenvalue weighted by Gasteiger charge is -2.26. The SMILES string of the molecule is O=C(O)N1CCc2cc(-c3cnc4[nH]cc(C=Cc5cc(Cl)ccc5C(F)(F)F)c4c3)ccc2C1. The number of H-pyrrole nitrogens is 1. The van der Waals surface area contributed by atoms with Crippen LogP contribution in [0.5, 0.6) is 0 Å². The molecule has 0 saturated heterocycles. The maximum Gasteiger partial charge on any atom is 0.416 e. The van der Waals surface area contributed by atoms with Gasteiger partial charge in [0.2, 0.25) is 0 Å². The number of aromatic nitrogens is 2. The molecule has 5 rings (SSSR count). The lowest BCUT2D eigenvalue weighted by Crippen LogP contribution is -2.34. The van der Waals surface area contributed by atoms with Crippen LogP contribution < -0.4 is 0 Å². The zero-order valence-corrected chi connectivity index (χ0v) is 19.0. The minimum atomic E-state index is -4.49. The van der Waals surface area contributed by atoms with E-state index in [1.165, 1.54) is 23.1 Å². The van der Waals surface area contributed by atoms with Gasteiger partial charge in [0.25, 0.3) is 0 Å². The Hall–Kier alpha value is -3.78. The molecule has 0 spiro atoms. The van der Waals surface area contributed by atoms with Gasteiger partial charge in [0, 0.05) is 47.0 Å². The molecule has 3 heterocycles. The highest BCUT2D eigenvalue weighted by Crippen LogP contribution is 2.35. The fourth-order valence-corrected chi connectivity index (χ4v) is 4.51. The van der Waals surface area contributed by atoms with Crippen LogP contribution in [0, 0.1) is 0 Å². The van der Waals surface area contributed by atoms with Crippen molar-refractivity contribution in [1.82, 2.24) is 14.9 Å². The Morgan fingerprint density at radius 2 is 1.86 bits per heavy atom. The number of rotatable bonds is 3. The summed E-state index contributed by atoms with van der Waals surface area (Å²) in [6.07, 6.45) is 1.65. The molecule has 2 N–H and O–H groups in total. The number of amides is 1. The highest BCUT2D eigenvalue weighted by molar-refractivity contribution is 6.30. The van der Waals surface area contributed by atoms with Crippen LogP contribution in [0.15, 0.2) is 54.9 Å². The number of nitrogens with zero attached hydrogens (tertiary/aromatic N) is 2. The second kappa shape index (κ2) is 8.78. The van der Waals surface area contributed by atoms with E-state index in [2.05, 4.69) is 9.97 Å². The van der Waals surface area contributed by atoms with Gasteiger partial charge in [-0.1, -0.05) is 42.0 Å². The molecule has 0 aliphatic carbocycles. The minimum absolute atomic E-state index is 0.0199. The Bertz CT molecular complexity index is 1480. The molecule has 0 atom stereocenters. The number of fused-ring (bicyclic) bond motifs is 2. The van der Waals surface area contributed by atoms with Gasteiger partial charge in [0.05, 0.1) is 5.56 Å². The molecule has 1 aliphatic heterocycles. The van der Waals surface area contributed by atoms with Crippen molar-refractivity contribution in [2.45, 2.75) is 19.1 Å². The minimum Gasteiger partial charge on any atom is -0.465 e. The van der Waals surface area contributed by atoms with Crippen LogP contribution in [0.3, 0.4) is 0 Å². The maximum atomic E-state index is 13.4. The van der Waals surface area contributed by atoms with Crippen LogP contribution in [0.4, 0.5) is 18.0 Å². The van der Waals surface area contributed by atoms with Crippen molar-refractivity contribution in [3.8, 4) is 11.1 Å². The van der Waals surface area contributed by atoms with E-state index in [1.54, 1.807) is 18.5 Å². The summed E-state index contributed by atoms with van der Waals surface area (Å²) in [4.78, 5) is 20.2. The van der Waals surface area contributed by atoms with Crippen molar-refractivity contribution in [3.05, 3.63) is 87.7 Å². The summed E-state index contributed by atoms with van der Waals surface area (Å²) in [5, 5.41) is 10.2. The van der Waals surface area contributed by atoms with Crippen molar-refractivity contribution in [1.29, 1.82) is 0 Å². The summed E-state index contributed by atoms with van der Waals surface area (Å²) in [6.45, 7) is 0.803. The highest BCUT2D eigenvalue weighted by Gasteiger charge is 2.32. The van der Waals surface area contributed by atoms with Gasteiger partial charge in [0.1, 0.15) is 5.65 Å². The monoisotopic (exact) mass is 497 g/mol. The maximum absolute atomic E-state index is 13.4. The summed E-state index contributed by atoms with van der Waals surface area (Å²) in [5.41, 5.74) is 4.39. The lowest BCUT2D eigenvalue weighted by molar-refractivity contribution is -0.137. The third kappa shape index (κ3) is 4.61. The number of alkyl halides is 3. The van der Waals surface area contributed by atoms with Crippen molar-refractivity contribution >= 4 is 40.9 Å². The molecule has 35 heavy (non-hydrogen) atoms. The average Bonchev–Trinajstić information content (AvgIpc) is 3.23. The topological polar surface area (TPSA) is 69.2 Å². The molecule has 9 heteroatoms. The molecule has 178 valence electrons. The van der Waals surface area contributed by atoms with Gasteiger partial charge >= 0.3 is 12.3 Å². The summed E-state index contributed by atoms with van der Waals surface area (Å²) >= 11 is 5.94. The van der Waals surface area contributed by atoms with Crippen LogP contribution in [-0.4, -0.2) is 32.6 Å². The van der Waals surface area contributed by atoms with E-state index in [-0.39, 0.29) is 10.6 Å². The Morgan fingerprint density at radius 1 is 1.06 bits per heavy atom. The van der Waals surface area contributed by atoms with Gasteiger partial charge in [0.15, 0.2) is 0 Å². The number of nitrogens with one attached hydrogen (secondary N) is 1. The van der Waals surface area contributed by atoms with Crippen LogP contribution >= 0.6 is 11.6 Å².